The summed E-state index contributed by atoms with van der Waals surface area (Å²) in [5.74, 6) is -0.842. The highest BCUT2D eigenvalue weighted by Gasteiger charge is 2.24. The number of benzene rings is 4. The Balaban J connectivity index is 1.65. The van der Waals surface area contributed by atoms with Crippen molar-refractivity contribution in [2.24, 2.45) is 0 Å². The summed E-state index contributed by atoms with van der Waals surface area (Å²) in [6.45, 7) is 0. The van der Waals surface area contributed by atoms with E-state index in [-0.39, 0.29) is 0 Å². The van der Waals surface area contributed by atoms with E-state index in [1.807, 2.05) is 60.7 Å². The lowest BCUT2D eigenvalue weighted by atomic mass is 9.97. The van der Waals surface area contributed by atoms with Gasteiger partial charge in [-0.15, -0.1) is 0 Å². The van der Waals surface area contributed by atoms with Gasteiger partial charge in [-0.2, -0.15) is 0 Å². The van der Waals surface area contributed by atoms with Crippen molar-refractivity contribution in [3.63, 3.8) is 0 Å². The molecule has 0 aliphatic carbocycles. The van der Waals surface area contributed by atoms with Gasteiger partial charge >= 0.3 is 6.03 Å². The summed E-state index contributed by atoms with van der Waals surface area (Å²) in [7, 11) is 0. The standard InChI is InChI=1S/C27H22F2N2O/c28-23-17-9-7-15-21(23)25(19-11-3-1-4-12-19)30-27(32)31-26(20-13-5-2-6-14-20)22-16-8-10-18-24(22)29/h1-18,25-26H,(H2,30,31,32). The minimum absolute atomic E-state index is 0.344. The molecule has 0 aliphatic rings. The molecule has 0 bridgehead atoms. The fraction of sp³-hybridized carbons (Fsp3) is 0.0741. The van der Waals surface area contributed by atoms with E-state index in [2.05, 4.69) is 10.6 Å². The predicted octanol–water partition coefficient (Wildman–Crippen LogP) is 6.14. The highest BCUT2D eigenvalue weighted by atomic mass is 19.1. The van der Waals surface area contributed by atoms with E-state index in [1.54, 1.807) is 36.4 Å². The number of hydrogen-bond acceptors (Lipinski definition) is 1. The molecule has 0 aromatic heterocycles. The van der Waals surface area contributed by atoms with Gasteiger partial charge in [0.15, 0.2) is 0 Å². The Bertz CT molecular complexity index is 1090. The summed E-state index contributed by atoms with van der Waals surface area (Å²) >= 11 is 0. The van der Waals surface area contributed by atoms with E-state index in [0.717, 1.165) is 11.1 Å². The number of hydrogen-bond donors (Lipinski definition) is 2. The maximum Gasteiger partial charge on any atom is 0.316 e. The molecule has 0 radical (unpaired) electrons. The van der Waals surface area contributed by atoms with Gasteiger partial charge in [-0.05, 0) is 23.3 Å². The second kappa shape index (κ2) is 9.88. The smallest absolute Gasteiger partial charge is 0.316 e. The molecule has 3 nitrogen and oxygen atoms in total. The lowest BCUT2D eigenvalue weighted by molar-refractivity contribution is 0.236. The average molecular weight is 428 g/mol. The fourth-order valence-corrected chi connectivity index (χ4v) is 3.69. The molecule has 2 N–H and O–H groups in total. The van der Waals surface area contributed by atoms with Gasteiger partial charge in [-0.3, -0.25) is 0 Å². The molecule has 0 spiro atoms. The first kappa shape index (κ1) is 21.2. The molecule has 2 atom stereocenters. The Morgan fingerprint density at radius 2 is 0.875 bits per heavy atom. The molecule has 2 amide bonds. The zero-order valence-corrected chi connectivity index (χ0v) is 17.2. The van der Waals surface area contributed by atoms with Crippen molar-refractivity contribution >= 4 is 6.03 Å². The van der Waals surface area contributed by atoms with Crippen LogP contribution in [0.25, 0.3) is 0 Å². The normalized spacial score (nSPS) is 12.6. The Hall–Kier alpha value is -3.99. The first-order chi connectivity index (χ1) is 15.6. The minimum atomic E-state index is -0.713. The highest BCUT2D eigenvalue weighted by Crippen LogP contribution is 2.27. The van der Waals surface area contributed by atoms with Crippen LogP contribution in [-0.2, 0) is 0 Å². The van der Waals surface area contributed by atoms with Gasteiger partial charge in [-0.25, -0.2) is 13.6 Å². The van der Waals surface area contributed by atoms with Crippen molar-refractivity contribution < 1.29 is 13.6 Å². The quantitative estimate of drug-likeness (QED) is 0.380. The highest BCUT2D eigenvalue weighted by molar-refractivity contribution is 5.76. The number of urea groups is 1. The molecule has 4 rings (SSSR count). The SMILES string of the molecule is O=C(NC(c1ccccc1)c1ccccc1F)NC(c1ccccc1)c1ccccc1F. The number of carbonyl (C=O) groups is 1. The van der Waals surface area contributed by atoms with Gasteiger partial charge in [0.2, 0.25) is 0 Å². The molecule has 32 heavy (non-hydrogen) atoms. The molecule has 160 valence electrons. The number of nitrogens with one attached hydrogen (secondary N) is 2. The molecule has 2 unspecified atom stereocenters. The lowest BCUT2D eigenvalue weighted by Crippen LogP contribution is -2.41. The molecule has 0 aliphatic heterocycles. The molecule has 0 saturated carbocycles. The average Bonchev–Trinajstić information content (AvgIpc) is 2.83. The Labute approximate surface area is 185 Å². The summed E-state index contributed by atoms with van der Waals surface area (Å²) in [4.78, 5) is 13.1. The second-order valence-corrected chi connectivity index (χ2v) is 7.35. The number of carbonyl (C=O) groups excluding carboxylic acids is 1. The van der Waals surface area contributed by atoms with E-state index in [1.165, 1.54) is 12.1 Å². The third-order valence-corrected chi connectivity index (χ3v) is 5.25. The lowest BCUT2D eigenvalue weighted by Gasteiger charge is -2.24. The summed E-state index contributed by atoms with van der Waals surface area (Å²) in [6.07, 6.45) is 0. The summed E-state index contributed by atoms with van der Waals surface area (Å²) in [5.41, 5.74) is 2.15. The van der Waals surface area contributed by atoms with Crippen molar-refractivity contribution in [1.29, 1.82) is 0 Å². The number of halogens is 2. The van der Waals surface area contributed by atoms with Crippen LogP contribution in [0.4, 0.5) is 13.6 Å². The summed E-state index contributed by atoms with van der Waals surface area (Å²) < 4.78 is 29.2. The van der Waals surface area contributed by atoms with Gasteiger partial charge in [0.25, 0.3) is 0 Å². The van der Waals surface area contributed by atoms with Gasteiger partial charge in [0.05, 0.1) is 12.1 Å². The van der Waals surface area contributed by atoms with Crippen LogP contribution in [0.3, 0.4) is 0 Å². The number of amides is 2. The Morgan fingerprint density at radius 1 is 0.531 bits per heavy atom. The van der Waals surface area contributed by atoms with Crippen molar-refractivity contribution in [2.45, 2.75) is 12.1 Å². The van der Waals surface area contributed by atoms with E-state index in [9.17, 15) is 13.6 Å². The fourth-order valence-electron chi connectivity index (χ4n) is 3.69. The molecule has 4 aromatic carbocycles. The van der Waals surface area contributed by atoms with Crippen molar-refractivity contribution in [3.8, 4) is 0 Å². The third kappa shape index (κ3) is 4.83. The second-order valence-electron chi connectivity index (χ2n) is 7.35. The van der Waals surface area contributed by atoms with Crippen molar-refractivity contribution in [2.75, 3.05) is 0 Å². The third-order valence-electron chi connectivity index (χ3n) is 5.25. The van der Waals surface area contributed by atoms with Crippen LogP contribution >= 0.6 is 0 Å². The summed E-state index contributed by atoms with van der Waals surface area (Å²) in [6, 6.07) is 29.0. The maximum absolute atomic E-state index is 14.6. The molecule has 0 heterocycles. The molecule has 0 fully saturated rings. The van der Waals surface area contributed by atoms with Crippen LogP contribution in [0.2, 0.25) is 0 Å². The van der Waals surface area contributed by atoms with Crippen LogP contribution < -0.4 is 10.6 Å². The van der Waals surface area contributed by atoms with Crippen LogP contribution in [0.15, 0.2) is 109 Å². The first-order valence-corrected chi connectivity index (χ1v) is 10.3. The Morgan fingerprint density at radius 3 is 1.25 bits per heavy atom. The topological polar surface area (TPSA) is 41.1 Å². The van der Waals surface area contributed by atoms with E-state index in [0.29, 0.717) is 11.1 Å². The van der Waals surface area contributed by atoms with E-state index >= 15 is 0 Å². The number of rotatable bonds is 6. The van der Waals surface area contributed by atoms with E-state index in [4.69, 9.17) is 0 Å². The van der Waals surface area contributed by atoms with Gasteiger partial charge in [0.1, 0.15) is 11.6 Å². The summed E-state index contributed by atoms with van der Waals surface area (Å²) in [5, 5.41) is 5.73. The zero-order chi connectivity index (χ0) is 22.3. The van der Waals surface area contributed by atoms with Crippen molar-refractivity contribution in [1.82, 2.24) is 10.6 Å². The van der Waals surface area contributed by atoms with Gasteiger partial charge in [0, 0.05) is 11.1 Å². The molecular weight excluding hydrogens is 406 g/mol. The molecule has 0 saturated heterocycles. The van der Waals surface area contributed by atoms with Crippen molar-refractivity contribution in [3.05, 3.63) is 143 Å². The van der Waals surface area contributed by atoms with Crippen LogP contribution in [-0.4, -0.2) is 6.03 Å². The van der Waals surface area contributed by atoms with Gasteiger partial charge < -0.3 is 10.6 Å². The van der Waals surface area contributed by atoms with E-state index < -0.39 is 29.7 Å². The zero-order valence-electron chi connectivity index (χ0n) is 17.2. The first-order valence-electron chi connectivity index (χ1n) is 10.3. The minimum Gasteiger partial charge on any atom is -0.327 e. The molecule has 4 aromatic rings. The Kier molecular flexibility index (Phi) is 6.56. The molecule has 5 heteroatoms. The maximum atomic E-state index is 14.6. The van der Waals surface area contributed by atoms with Crippen LogP contribution in [0.5, 0.6) is 0 Å². The monoisotopic (exact) mass is 428 g/mol. The van der Waals surface area contributed by atoms with Gasteiger partial charge in [-0.1, -0.05) is 97.1 Å². The van der Waals surface area contributed by atoms with Crippen LogP contribution in [0, 0.1) is 11.6 Å². The predicted molar refractivity (Wildman–Crippen MR) is 121 cm³/mol. The van der Waals surface area contributed by atoms with Crippen LogP contribution in [0.1, 0.15) is 34.3 Å². The molecular formula is C27H22F2N2O. The largest absolute Gasteiger partial charge is 0.327 e.